The van der Waals surface area contributed by atoms with Gasteiger partial charge < -0.3 is 9.84 Å². The van der Waals surface area contributed by atoms with Gasteiger partial charge in [-0.25, -0.2) is 0 Å². The van der Waals surface area contributed by atoms with Crippen LogP contribution in [0.3, 0.4) is 0 Å². The predicted molar refractivity (Wildman–Crippen MR) is 81.8 cm³/mol. The van der Waals surface area contributed by atoms with Gasteiger partial charge in [-0.3, -0.25) is 0 Å². The highest BCUT2D eigenvalue weighted by Crippen LogP contribution is 2.41. The second-order valence-electron chi connectivity index (χ2n) is 5.55. The molecule has 0 heterocycles. The minimum absolute atomic E-state index is 0.355. The maximum atomic E-state index is 9.60. The smallest absolute Gasteiger partial charge is 0.119 e. The number of methoxy groups -OCH3 is 1. The molecule has 1 aromatic carbocycles. The highest BCUT2D eigenvalue weighted by atomic mass is 16.5. The van der Waals surface area contributed by atoms with Gasteiger partial charge in [-0.05, 0) is 47.6 Å². The number of hydrogen-bond donors (Lipinski definition) is 1. The number of aliphatic hydroxyl groups excluding tert-OH is 1. The van der Waals surface area contributed by atoms with E-state index >= 15 is 0 Å². The Balaban J connectivity index is 1.81. The Morgan fingerprint density at radius 2 is 2.05 bits per heavy atom. The molecule has 1 saturated carbocycles. The molecule has 2 aliphatic carbocycles. The third kappa shape index (κ3) is 3.20. The van der Waals surface area contributed by atoms with Crippen LogP contribution in [-0.2, 0) is 0 Å². The number of benzene rings is 1. The van der Waals surface area contributed by atoms with E-state index in [1.807, 2.05) is 18.2 Å². The van der Waals surface area contributed by atoms with Crippen molar-refractivity contribution in [2.75, 3.05) is 7.11 Å². The fraction of sp³-hybridized carbons (Fsp3) is 0.333. The summed E-state index contributed by atoms with van der Waals surface area (Å²) in [6.07, 6.45) is 12.9. The van der Waals surface area contributed by atoms with Gasteiger partial charge in [0.25, 0.3) is 0 Å². The maximum Gasteiger partial charge on any atom is 0.119 e. The first-order valence-corrected chi connectivity index (χ1v) is 7.17. The molecule has 1 N–H and O–H groups in total. The van der Waals surface area contributed by atoms with Crippen LogP contribution in [0.25, 0.3) is 6.08 Å². The van der Waals surface area contributed by atoms with E-state index in [4.69, 9.17) is 4.74 Å². The Kier molecular flexibility index (Phi) is 3.75. The van der Waals surface area contributed by atoms with Crippen LogP contribution in [0.4, 0.5) is 0 Å². The molecule has 104 valence electrons. The Hall–Kier alpha value is -1.80. The van der Waals surface area contributed by atoms with Crippen LogP contribution in [0.2, 0.25) is 0 Å². The fourth-order valence-corrected chi connectivity index (χ4v) is 2.52. The van der Waals surface area contributed by atoms with Crippen LogP contribution >= 0.6 is 0 Å². The van der Waals surface area contributed by atoms with Crippen molar-refractivity contribution in [3.8, 4) is 5.75 Å². The van der Waals surface area contributed by atoms with Gasteiger partial charge in [0, 0.05) is 6.42 Å². The highest BCUT2D eigenvalue weighted by Gasteiger charge is 2.24. The van der Waals surface area contributed by atoms with E-state index in [2.05, 4.69) is 30.4 Å². The predicted octanol–water partition coefficient (Wildman–Crippen LogP) is 3.83. The second kappa shape index (κ2) is 5.68. The maximum absolute atomic E-state index is 9.60. The lowest BCUT2D eigenvalue weighted by atomic mass is 10.0. The van der Waals surface area contributed by atoms with Crippen molar-refractivity contribution < 1.29 is 9.84 Å². The van der Waals surface area contributed by atoms with Crippen LogP contribution < -0.4 is 4.74 Å². The third-order valence-electron chi connectivity index (χ3n) is 3.81. The Morgan fingerprint density at radius 1 is 1.20 bits per heavy atom. The van der Waals surface area contributed by atoms with E-state index < -0.39 is 0 Å². The quantitative estimate of drug-likeness (QED) is 0.899. The monoisotopic (exact) mass is 268 g/mol. The molecule has 0 radical (unpaired) electrons. The SMILES string of the molecule is COc1cc(/C=C\C2=CC=CC(O)C2)cc(C2CC2)c1. The number of ether oxygens (including phenoxy) is 1. The normalized spacial score (nSPS) is 22.1. The van der Waals surface area contributed by atoms with Gasteiger partial charge in [0.1, 0.15) is 5.75 Å². The van der Waals surface area contributed by atoms with E-state index in [1.165, 1.54) is 18.4 Å². The van der Waals surface area contributed by atoms with Gasteiger partial charge in [-0.2, -0.15) is 0 Å². The van der Waals surface area contributed by atoms with Crippen LogP contribution in [-0.4, -0.2) is 18.3 Å². The van der Waals surface area contributed by atoms with E-state index in [9.17, 15) is 5.11 Å². The third-order valence-corrected chi connectivity index (χ3v) is 3.81. The summed E-state index contributed by atoms with van der Waals surface area (Å²) in [6.45, 7) is 0. The molecule has 1 unspecified atom stereocenters. The highest BCUT2D eigenvalue weighted by molar-refractivity contribution is 5.57. The molecule has 1 aromatic rings. The summed E-state index contributed by atoms with van der Waals surface area (Å²) < 4.78 is 5.38. The minimum Gasteiger partial charge on any atom is -0.497 e. The number of aliphatic hydroxyl groups is 1. The fourth-order valence-electron chi connectivity index (χ4n) is 2.52. The lowest BCUT2D eigenvalue weighted by Gasteiger charge is -2.10. The molecule has 2 nitrogen and oxygen atoms in total. The van der Waals surface area contributed by atoms with Crippen molar-refractivity contribution in [2.45, 2.75) is 31.3 Å². The zero-order chi connectivity index (χ0) is 13.9. The number of allylic oxidation sites excluding steroid dienone is 3. The van der Waals surface area contributed by atoms with Crippen LogP contribution in [0.5, 0.6) is 5.75 Å². The molecule has 3 rings (SSSR count). The Labute approximate surface area is 120 Å². The summed E-state index contributed by atoms with van der Waals surface area (Å²) >= 11 is 0. The Morgan fingerprint density at radius 3 is 2.75 bits per heavy atom. The molecule has 0 spiro atoms. The van der Waals surface area contributed by atoms with E-state index in [-0.39, 0.29) is 6.10 Å². The molecular formula is C18H20O2. The summed E-state index contributed by atoms with van der Waals surface area (Å²) in [5, 5.41) is 9.60. The lowest BCUT2D eigenvalue weighted by molar-refractivity contribution is 0.223. The second-order valence-corrected chi connectivity index (χ2v) is 5.55. The molecule has 0 aliphatic heterocycles. The van der Waals surface area contributed by atoms with Gasteiger partial charge in [-0.1, -0.05) is 36.4 Å². The van der Waals surface area contributed by atoms with Gasteiger partial charge in [0.15, 0.2) is 0 Å². The van der Waals surface area contributed by atoms with E-state index in [0.29, 0.717) is 6.42 Å². The zero-order valence-corrected chi connectivity index (χ0v) is 11.8. The average molecular weight is 268 g/mol. The average Bonchev–Trinajstić information content (AvgIpc) is 3.29. The summed E-state index contributed by atoms with van der Waals surface area (Å²) in [6, 6.07) is 6.44. The van der Waals surface area contributed by atoms with E-state index in [0.717, 1.165) is 22.8 Å². The van der Waals surface area contributed by atoms with Crippen molar-refractivity contribution in [1.29, 1.82) is 0 Å². The first-order valence-electron chi connectivity index (χ1n) is 7.17. The van der Waals surface area contributed by atoms with Crippen molar-refractivity contribution in [1.82, 2.24) is 0 Å². The summed E-state index contributed by atoms with van der Waals surface area (Å²) in [7, 11) is 1.71. The molecule has 1 fully saturated rings. The zero-order valence-electron chi connectivity index (χ0n) is 11.8. The molecule has 20 heavy (non-hydrogen) atoms. The van der Waals surface area contributed by atoms with Gasteiger partial charge in [0.2, 0.25) is 0 Å². The molecular weight excluding hydrogens is 248 g/mol. The first kappa shape index (κ1) is 13.2. The molecule has 2 heteroatoms. The van der Waals surface area contributed by atoms with Gasteiger partial charge >= 0.3 is 0 Å². The number of hydrogen-bond acceptors (Lipinski definition) is 2. The first-order chi connectivity index (χ1) is 9.74. The molecule has 1 atom stereocenters. The largest absolute Gasteiger partial charge is 0.497 e. The number of rotatable bonds is 4. The van der Waals surface area contributed by atoms with Crippen molar-refractivity contribution in [2.24, 2.45) is 0 Å². The van der Waals surface area contributed by atoms with Gasteiger partial charge in [-0.15, -0.1) is 0 Å². The molecule has 0 amide bonds. The van der Waals surface area contributed by atoms with Gasteiger partial charge in [0.05, 0.1) is 13.2 Å². The lowest BCUT2D eigenvalue weighted by Crippen LogP contribution is -2.05. The Bertz CT molecular complexity index is 577. The summed E-state index contributed by atoms with van der Waals surface area (Å²) in [4.78, 5) is 0. The van der Waals surface area contributed by atoms with Crippen LogP contribution in [0.1, 0.15) is 36.3 Å². The standard InChI is InChI=1S/C18H20O2/c1-20-18-11-14(9-16(12-18)15-7-8-15)6-5-13-3-2-4-17(19)10-13/h2-6,9,11-12,15,17,19H,7-8,10H2,1H3/b6-5-. The topological polar surface area (TPSA) is 29.5 Å². The summed E-state index contributed by atoms with van der Waals surface area (Å²) in [5.41, 5.74) is 3.69. The van der Waals surface area contributed by atoms with Crippen LogP contribution in [0, 0.1) is 0 Å². The minimum atomic E-state index is -0.355. The molecule has 0 bridgehead atoms. The van der Waals surface area contributed by atoms with Crippen LogP contribution in [0.15, 0.2) is 48.1 Å². The molecule has 0 saturated heterocycles. The van der Waals surface area contributed by atoms with E-state index in [1.54, 1.807) is 7.11 Å². The van der Waals surface area contributed by atoms with Crippen molar-refractivity contribution in [3.63, 3.8) is 0 Å². The summed E-state index contributed by atoms with van der Waals surface area (Å²) in [5.74, 6) is 1.64. The molecule has 0 aromatic heterocycles. The van der Waals surface area contributed by atoms with Crippen molar-refractivity contribution >= 4 is 6.08 Å². The van der Waals surface area contributed by atoms with Crippen molar-refractivity contribution in [3.05, 3.63) is 59.2 Å². The molecule has 2 aliphatic rings.